The largest absolute Gasteiger partial charge is 0.446 e. The van der Waals surface area contributed by atoms with E-state index in [1.807, 2.05) is 30.3 Å². The number of thioether (sulfide) groups is 2. The molecule has 2 aliphatic rings. The van der Waals surface area contributed by atoms with Gasteiger partial charge >= 0.3 is 0 Å². The van der Waals surface area contributed by atoms with Crippen LogP contribution in [0.3, 0.4) is 0 Å². The highest BCUT2D eigenvalue weighted by Crippen LogP contribution is 2.41. The van der Waals surface area contributed by atoms with Crippen molar-refractivity contribution in [2.24, 2.45) is 0 Å². The molecule has 2 amide bonds. The molecule has 6 nitrogen and oxygen atoms in total. The number of nitrogens with zero attached hydrogens (tertiary/aromatic N) is 2. The van der Waals surface area contributed by atoms with E-state index in [4.69, 9.17) is 12.2 Å². The standard InChI is InChI=1S/C15H12N2O4S3/c18-9-21-8-17-11(19)7-23-14(17)12-13(20)16(15(22)24-12)6-10-4-2-1-3-5-10/h1-5,9H,6-8H2/b14-12+. The lowest BCUT2D eigenvalue weighted by Crippen LogP contribution is -2.30. The molecule has 0 unspecified atom stereocenters. The summed E-state index contributed by atoms with van der Waals surface area (Å²) in [5.41, 5.74) is 0.969. The molecule has 0 aliphatic carbocycles. The number of hydrogen-bond donors (Lipinski definition) is 0. The van der Waals surface area contributed by atoms with Gasteiger partial charge in [-0.1, -0.05) is 66.1 Å². The van der Waals surface area contributed by atoms with E-state index in [1.54, 1.807) is 0 Å². The molecule has 2 fully saturated rings. The van der Waals surface area contributed by atoms with Crippen LogP contribution in [0.4, 0.5) is 0 Å². The predicted molar refractivity (Wildman–Crippen MR) is 95.5 cm³/mol. The van der Waals surface area contributed by atoms with Gasteiger partial charge in [0.1, 0.15) is 14.3 Å². The molecule has 2 saturated heterocycles. The van der Waals surface area contributed by atoms with Gasteiger partial charge in [0, 0.05) is 0 Å². The molecule has 1 aromatic rings. The van der Waals surface area contributed by atoms with Gasteiger partial charge in [-0.15, -0.1) is 0 Å². The number of benzene rings is 1. The Morgan fingerprint density at radius 3 is 2.67 bits per heavy atom. The zero-order valence-corrected chi connectivity index (χ0v) is 14.8. The normalized spacial score (nSPS) is 20.9. The number of rotatable bonds is 5. The first kappa shape index (κ1) is 17.0. The third-order valence-corrected chi connectivity index (χ3v) is 6.03. The highest BCUT2D eigenvalue weighted by atomic mass is 32.2. The molecule has 1 aromatic carbocycles. The van der Waals surface area contributed by atoms with E-state index in [1.165, 1.54) is 33.3 Å². The van der Waals surface area contributed by atoms with Gasteiger partial charge < -0.3 is 4.74 Å². The lowest BCUT2D eigenvalue weighted by atomic mass is 10.2. The average Bonchev–Trinajstić information content (AvgIpc) is 3.08. The van der Waals surface area contributed by atoms with Crippen molar-refractivity contribution >= 4 is 58.3 Å². The third-order valence-electron chi connectivity index (χ3n) is 3.38. The fraction of sp³-hybridized carbons (Fsp3) is 0.200. The second kappa shape index (κ2) is 7.37. The van der Waals surface area contributed by atoms with Crippen LogP contribution in [0, 0.1) is 0 Å². The molecule has 0 atom stereocenters. The van der Waals surface area contributed by atoms with Gasteiger partial charge in [-0.05, 0) is 5.56 Å². The summed E-state index contributed by atoms with van der Waals surface area (Å²) in [5, 5.41) is 0.495. The van der Waals surface area contributed by atoms with Crippen molar-refractivity contribution in [3.8, 4) is 0 Å². The van der Waals surface area contributed by atoms with Crippen LogP contribution < -0.4 is 0 Å². The van der Waals surface area contributed by atoms with Gasteiger partial charge in [-0.25, -0.2) is 0 Å². The molecule has 0 bridgehead atoms. The zero-order chi connectivity index (χ0) is 17.1. The number of ether oxygens (including phenoxy) is 1. The Morgan fingerprint density at radius 2 is 1.96 bits per heavy atom. The Bertz CT molecular complexity index is 735. The van der Waals surface area contributed by atoms with Crippen LogP contribution >= 0.6 is 35.7 Å². The van der Waals surface area contributed by atoms with Crippen molar-refractivity contribution in [2.45, 2.75) is 6.54 Å². The van der Waals surface area contributed by atoms with E-state index in [9.17, 15) is 14.4 Å². The van der Waals surface area contributed by atoms with Gasteiger partial charge in [0.25, 0.3) is 12.4 Å². The summed E-state index contributed by atoms with van der Waals surface area (Å²) in [4.78, 5) is 38.2. The minimum atomic E-state index is -0.234. The Balaban J connectivity index is 1.84. The van der Waals surface area contributed by atoms with Crippen LogP contribution in [0.1, 0.15) is 5.56 Å². The molecular weight excluding hydrogens is 368 g/mol. The summed E-state index contributed by atoms with van der Waals surface area (Å²) in [6, 6.07) is 9.54. The van der Waals surface area contributed by atoms with Gasteiger partial charge in [0.15, 0.2) is 6.73 Å². The number of thiocarbonyl (C=S) groups is 1. The maximum Gasteiger partial charge on any atom is 0.294 e. The lowest BCUT2D eigenvalue weighted by molar-refractivity contribution is -0.138. The topological polar surface area (TPSA) is 66.9 Å². The SMILES string of the molecule is O=COCN1C(=O)CS/C1=C1/SC(=S)N(Cc2ccccc2)C1=O. The van der Waals surface area contributed by atoms with E-state index < -0.39 is 0 Å². The van der Waals surface area contributed by atoms with Crippen molar-refractivity contribution in [3.63, 3.8) is 0 Å². The molecule has 2 aliphatic heterocycles. The molecule has 0 radical (unpaired) electrons. The summed E-state index contributed by atoms with van der Waals surface area (Å²) in [6.45, 7) is 0.452. The van der Waals surface area contributed by atoms with Crippen molar-refractivity contribution in [2.75, 3.05) is 12.5 Å². The van der Waals surface area contributed by atoms with E-state index in [-0.39, 0.29) is 30.8 Å². The first-order valence-electron chi connectivity index (χ1n) is 6.92. The summed E-state index contributed by atoms with van der Waals surface area (Å²) in [7, 11) is 0. The molecular formula is C15H12N2O4S3. The van der Waals surface area contributed by atoms with Gasteiger partial charge in [-0.3, -0.25) is 24.2 Å². The molecule has 9 heteroatoms. The molecule has 0 saturated carbocycles. The Kier molecular flexibility index (Phi) is 5.22. The van der Waals surface area contributed by atoms with Crippen LogP contribution in [0.2, 0.25) is 0 Å². The minimum absolute atomic E-state index is 0.201. The predicted octanol–water partition coefficient (Wildman–Crippen LogP) is 1.92. The summed E-state index contributed by atoms with van der Waals surface area (Å²) in [6.07, 6.45) is 0. The third kappa shape index (κ3) is 3.33. The summed E-state index contributed by atoms with van der Waals surface area (Å²) < 4.78 is 5.12. The number of amides is 2. The maximum atomic E-state index is 12.7. The quantitative estimate of drug-likeness (QED) is 0.439. The summed E-state index contributed by atoms with van der Waals surface area (Å²) in [5.74, 6) is -0.229. The molecule has 0 N–H and O–H groups in total. The van der Waals surface area contributed by atoms with Crippen molar-refractivity contribution in [1.82, 2.24) is 9.80 Å². The van der Waals surface area contributed by atoms with Gasteiger partial charge in [-0.2, -0.15) is 0 Å². The molecule has 124 valence electrons. The Hall–Kier alpha value is -1.84. The molecule has 0 aromatic heterocycles. The van der Waals surface area contributed by atoms with Crippen molar-refractivity contribution in [3.05, 3.63) is 45.8 Å². The molecule has 2 heterocycles. The summed E-state index contributed by atoms with van der Waals surface area (Å²) >= 11 is 7.74. The van der Waals surface area contributed by atoms with Crippen molar-refractivity contribution < 1.29 is 19.1 Å². The van der Waals surface area contributed by atoms with E-state index in [0.717, 1.165) is 5.56 Å². The maximum absolute atomic E-state index is 12.7. The van der Waals surface area contributed by atoms with E-state index in [2.05, 4.69) is 4.74 Å². The minimum Gasteiger partial charge on any atom is -0.446 e. The highest BCUT2D eigenvalue weighted by molar-refractivity contribution is 8.27. The lowest BCUT2D eigenvalue weighted by Gasteiger charge is -2.17. The second-order valence-electron chi connectivity index (χ2n) is 4.88. The van der Waals surface area contributed by atoms with Crippen LogP contribution in [-0.2, 0) is 25.7 Å². The first-order chi connectivity index (χ1) is 11.6. The van der Waals surface area contributed by atoms with E-state index in [0.29, 0.717) is 20.8 Å². The van der Waals surface area contributed by atoms with Gasteiger partial charge in [0.05, 0.1) is 12.3 Å². The second-order valence-corrected chi connectivity index (χ2v) is 7.49. The molecule has 0 spiro atoms. The van der Waals surface area contributed by atoms with Crippen LogP contribution in [-0.4, -0.2) is 44.9 Å². The van der Waals surface area contributed by atoms with Crippen LogP contribution in [0.25, 0.3) is 0 Å². The zero-order valence-electron chi connectivity index (χ0n) is 12.3. The number of carbonyl (C=O) groups excluding carboxylic acids is 3. The van der Waals surface area contributed by atoms with E-state index >= 15 is 0 Å². The Morgan fingerprint density at radius 1 is 1.21 bits per heavy atom. The van der Waals surface area contributed by atoms with Crippen LogP contribution in [0.15, 0.2) is 40.3 Å². The fourth-order valence-corrected chi connectivity index (χ4v) is 4.72. The monoisotopic (exact) mass is 380 g/mol. The number of hydrogen-bond acceptors (Lipinski definition) is 7. The van der Waals surface area contributed by atoms with Crippen molar-refractivity contribution in [1.29, 1.82) is 0 Å². The van der Waals surface area contributed by atoms with Crippen LogP contribution in [0.5, 0.6) is 0 Å². The average molecular weight is 380 g/mol. The number of carbonyl (C=O) groups is 3. The fourth-order valence-electron chi connectivity index (χ4n) is 2.25. The highest BCUT2D eigenvalue weighted by Gasteiger charge is 2.39. The first-order valence-corrected chi connectivity index (χ1v) is 9.13. The van der Waals surface area contributed by atoms with Gasteiger partial charge in [0.2, 0.25) is 5.91 Å². The molecule has 24 heavy (non-hydrogen) atoms. The smallest absolute Gasteiger partial charge is 0.294 e. The Labute approximate surface area is 152 Å². The molecule has 3 rings (SSSR count).